The molecule has 2 nitrogen and oxygen atoms in total. The van der Waals surface area contributed by atoms with Gasteiger partial charge in [-0.3, -0.25) is 0 Å². The summed E-state index contributed by atoms with van der Waals surface area (Å²) in [5.74, 6) is 0. The number of aliphatic hydroxyl groups excluding tert-OH is 1. The Balaban J connectivity index is 3.58. The van der Waals surface area contributed by atoms with Crippen LogP contribution < -0.4 is 5.73 Å². The summed E-state index contributed by atoms with van der Waals surface area (Å²) in [6.07, 6.45) is 4.07. The zero-order valence-corrected chi connectivity index (χ0v) is 7.06. The Morgan fingerprint density at radius 1 is 1.40 bits per heavy atom. The van der Waals surface area contributed by atoms with E-state index in [1.807, 2.05) is 6.92 Å². The number of hydrogen-bond donors (Lipinski definition) is 2. The van der Waals surface area contributed by atoms with Crippen molar-refractivity contribution in [2.45, 2.75) is 45.1 Å². The van der Waals surface area contributed by atoms with Crippen molar-refractivity contribution in [3.05, 3.63) is 0 Å². The fraction of sp³-hybridized carbons (Fsp3) is 1.00. The largest absolute Gasteiger partial charge is 0.394 e. The maximum absolute atomic E-state index is 8.89. The summed E-state index contributed by atoms with van der Waals surface area (Å²) in [4.78, 5) is 0. The van der Waals surface area contributed by atoms with Gasteiger partial charge in [0.1, 0.15) is 0 Å². The predicted molar refractivity (Wildman–Crippen MR) is 43.8 cm³/mol. The standard InChI is InChI=1S/C8H19NO/c1-3-5-6-8(9,4-2)7-10/h10H,3-7,9H2,1-2H3. The van der Waals surface area contributed by atoms with Gasteiger partial charge in [-0.15, -0.1) is 0 Å². The van der Waals surface area contributed by atoms with Crippen LogP contribution in [0.3, 0.4) is 0 Å². The Labute approximate surface area is 63.4 Å². The van der Waals surface area contributed by atoms with Gasteiger partial charge >= 0.3 is 0 Å². The molecule has 0 aromatic heterocycles. The van der Waals surface area contributed by atoms with Crippen LogP contribution in [0.15, 0.2) is 0 Å². The van der Waals surface area contributed by atoms with Gasteiger partial charge in [0, 0.05) is 5.54 Å². The van der Waals surface area contributed by atoms with Crippen molar-refractivity contribution in [2.24, 2.45) is 5.73 Å². The highest BCUT2D eigenvalue weighted by molar-refractivity contribution is 4.80. The van der Waals surface area contributed by atoms with Gasteiger partial charge in [0.25, 0.3) is 0 Å². The van der Waals surface area contributed by atoms with E-state index in [0.717, 1.165) is 25.7 Å². The molecule has 62 valence electrons. The molecule has 0 saturated carbocycles. The van der Waals surface area contributed by atoms with Crippen LogP contribution in [0.25, 0.3) is 0 Å². The van der Waals surface area contributed by atoms with Crippen LogP contribution in [-0.4, -0.2) is 17.3 Å². The van der Waals surface area contributed by atoms with Gasteiger partial charge in [-0.1, -0.05) is 26.7 Å². The number of unbranched alkanes of at least 4 members (excludes halogenated alkanes) is 1. The maximum atomic E-state index is 8.89. The van der Waals surface area contributed by atoms with Crippen molar-refractivity contribution in [1.29, 1.82) is 0 Å². The Morgan fingerprint density at radius 3 is 2.30 bits per heavy atom. The molecule has 0 aromatic rings. The third-order valence-corrected chi connectivity index (χ3v) is 2.05. The minimum Gasteiger partial charge on any atom is -0.394 e. The summed E-state index contributed by atoms with van der Waals surface area (Å²) in [7, 11) is 0. The Kier molecular flexibility index (Phi) is 4.65. The van der Waals surface area contributed by atoms with Crippen LogP contribution in [0.1, 0.15) is 39.5 Å². The molecule has 1 atom stereocenters. The van der Waals surface area contributed by atoms with Crippen LogP contribution in [0.5, 0.6) is 0 Å². The Bertz CT molecular complexity index is 79.3. The first-order chi connectivity index (χ1) is 4.68. The molecular weight excluding hydrogens is 126 g/mol. The summed E-state index contributed by atoms with van der Waals surface area (Å²) in [5, 5.41) is 8.89. The number of hydrogen-bond acceptors (Lipinski definition) is 2. The lowest BCUT2D eigenvalue weighted by Gasteiger charge is -2.24. The Morgan fingerprint density at radius 2 is 2.00 bits per heavy atom. The van der Waals surface area contributed by atoms with Gasteiger partial charge in [-0.2, -0.15) is 0 Å². The highest BCUT2D eigenvalue weighted by Gasteiger charge is 2.19. The molecule has 2 heteroatoms. The van der Waals surface area contributed by atoms with Crippen LogP contribution in [-0.2, 0) is 0 Å². The van der Waals surface area contributed by atoms with Gasteiger partial charge in [0.05, 0.1) is 6.61 Å². The Hall–Kier alpha value is -0.0800. The first kappa shape index (κ1) is 9.92. The normalized spacial score (nSPS) is 16.8. The molecule has 0 aromatic carbocycles. The minimum absolute atomic E-state index is 0.115. The average Bonchev–Trinajstić information content (AvgIpc) is 2.00. The molecule has 0 radical (unpaired) electrons. The fourth-order valence-electron chi connectivity index (χ4n) is 0.896. The van der Waals surface area contributed by atoms with Gasteiger partial charge in [-0.25, -0.2) is 0 Å². The molecule has 0 aliphatic heterocycles. The van der Waals surface area contributed by atoms with Crippen molar-refractivity contribution in [3.63, 3.8) is 0 Å². The maximum Gasteiger partial charge on any atom is 0.0611 e. The highest BCUT2D eigenvalue weighted by Crippen LogP contribution is 2.13. The molecule has 0 heterocycles. The summed E-state index contributed by atoms with van der Waals surface area (Å²) in [6.45, 7) is 4.27. The minimum atomic E-state index is -0.310. The molecule has 10 heavy (non-hydrogen) atoms. The summed E-state index contributed by atoms with van der Waals surface area (Å²) in [5.41, 5.74) is 5.52. The first-order valence-corrected chi connectivity index (χ1v) is 4.08. The lowest BCUT2D eigenvalue weighted by atomic mass is 9.92. The molecule has 0 amide bonds. The van der Waals surface area contributed by atoms with Crippen molar-refractivity contribution in [1.82, 2.24) is 0 Å². The smallest absolute Gasteiger partial charge is 0.0611 e. The molecule has 0 saturated heterocycles. The lowest BCUT2D eigenvalue weighted by molar-refractivity contribution is 0.180. The molecule has 0 bridgehead atoms. The first-order valence-electron chi connectivity index (χ1n) is 4.08. The van der Waals surface area contributed by atoms with E-state index in [0.29, 0.717) is 0 Å². The zero-order valence-electron chi connectivity index (χ0n) is 7.06. The molecule has 0 rings (SSSR count). The third-order valence-electron chi connectivity index (χ3n) is 2.05. The third kappa shape index (κ3) is 3.18. The van der Waals surface area contributed by atoms with Gasteiger partial charge < -0.3 is 10.8 Å². The molecular formula is C8H19NO. The highest BCUT2D eigenvalue weighted by atomic mass is 16.3. The van der Waals surface area contributed by atoms with Crippen LogP contribution in [0.4, 0.5) is 0 Å². The summed E-state index contributed by atoms with van der Waals surface area (Å²) in [6, 6.07) is 0. The molecule has 0 fully saturated rings. The van der Waals surface area contributed by atoms with Crippen molar-refractivity contribution >= 4 is 0 Å². The van der Waals surface area contributed by atoms with Crippen LogP contribution in [0, 0.1) is 0 Å². The number of rotatable bonds is 5. The summed E-state index contributed by atoms with van der Waals surface area (Å²) >= 11 is 0. The molecule has 0 aliphatic carbocycles. The van der Waals surface area contributed by atoms with Gasteiger partial charge in [0.2, 0.25) is 0 Å². The fourth-order valence-corrected chi connectivity index (χ4v) is 0.896. The average molecular weight is 145 g/mol. The van der Waals surface area contributed by atoms with Gasteiger partial charge in [-0.05, 0) is 12.8 Å². The van der Waals surface area contributed by atoms with Crippen molar-refractivity contribution in [3.8, 4) is 0 Å². The molecule has 3 N–H and O–H groups in total. The van der Waals surface area contributed by atoms with Crippen LogP contribution in [0.2, 0.25) is 0 Å². The topological polar surface area (TPSA) is 46.2 Å². The van der Waals surface area contributed by atoms with E-state index < -0.39 is 0 Å². The van der Waals surface area contributed by atoms with Crippen LogP contribution >= 0.6 is 0 Å². The van der Waals surface area contributed by atoms with E-state index >= 15 is 0 Å². The van der Waals surface area contributed by atoms with E-state index in [-0.39, 0.29) is 12.1 Å². The molecule has 0 aliphatic rings. The summed E-state index contributed by atoms with van der Waals surface area (Å²) < 4.78 is 0. The number of aliphatic hydroxyl groups is 1. The second-order valence-corrected chi connectivity index (χ2v) is 2.98. The predicted octanol–water partition coefficient (Wildman–Crippen LogP) is 1.28. The lowest BCUT2D eigenvalue weighted by Crippen LogP contribution is -2.42. The molecule has 0 spiro atoms. The van der Waals surface area contributed by atoms with E-state index in [1.165, 1.54) is 0 Å². The van der Waals surface area contributed by atoms with E-state index in [9.17, 15) is 0 Å². The molecule has 1 unspecified atom stereocenters. The van der Waals surface area contributed by atoms with E-state index in [4.69, 9.17) is 10.8 Å². The monoisotopic (exact) mass is 145 g/mol. The van der Waals surface area contributed by atoms with E-state index in [1.54, 1.807) is 0 Å². The second kappa shape index (κ2) is 4.69. The number of nitrogens with two attached hydrogens (primary N) is 1. The SMILES string of the molecule is CCCCC(N)(CC)CO. The van der Waals surface area contributed by atoms with E-state index in [2.05, 4.69) is 6.92 Å². The van der Waals surface area contributed by atoms with Gasteiger partial charge in [0.15, 0.2) is 0 Å². The van der Waals surface area contributed by atoms with Crippen molar-refractivity contribution < 1.29 is 5.11 Å². The quantitative estimate of drug-likeness (QED) is 0.612. The van der Waals surface area contributed by atoms with Crippen molar-refractivity contribution in [2.75, 3.05) is 6.61 Å². The zero-order chi connectivity index (χ0) is 8.04. The second-order valence-electron chi connectivity index (χ2n) is 2.98.